The molecule has 1 aliphatic heterocycles. The molecule has 0 spiro atoms. The van der Waals surface area contributed by atoms with Crippen LogP contribution in [0, 0.1) is 5.82 Å². The second kappa shape index (κ2) is 9.10. The number of aryl methyl sites for hydroxylation is 1. The molecule has 0 atom stereocenters. The van der Waals surface area contributed by atoms with Crippen molar-refractivity contribution in [3.8, 4) is 17.0 Å². The summed E-state index contributed by atoms with van der Waals surface area (Å²) in [7, 11) is 0. The van der Waals surface area contributed by atoms with Crippen molar-refractivity contribution in [3.05, 3.63) is 41.6 Å². The Hall–Kier alpha value is -2.54. The molecule has 7 heteroatoms. The summed E-state index contributed by atoms with van der Waals surface area (Å²) in [6, 6.07) is 5.26. The second-order valence-corrected chi connectivity index (χ2v) is 6.91. The predicted octanol–water partition coefficient (Wildman–Crippen LogP) is 2.91. The first-order valence-electron chi connectivity index (χ1n) is 9.76. The summed E-state index contributed by atoms with van der Waals surface area (Å²) in [6.45, 7) is 9.50. The average molecular weight is 386 g/mol. The molecule has 2 aromatic rings. The zero-order chi connectivity index (χ0) is 20.1. The van der Waals surface area contributed by atoms with Gasteiger partial charge in [-0.15, -0.1) is 0 Å². The van der Waals surface area contributed by atoms with E-state index in [0.29, 0.717) is 43.2 Å². The molecule has 1 aromatic carbocycles. The first-order valence-corrected chi connectivity index (χ1v) is 9.76. The average Bonchev–Trinajstić information content (AvgIpc) is 2.68. The molecule has 0 bridgehead atoms. The van der Waals surface area contributed by atoms with Crippen molar-refractivity contribution in [2.24, 2.45) is 0 Å². The minimum atomic E-state index is -0.343. The van der Waals surface area contributed by atoms with Gasteiger partial charge in [0.2, 0.25) is 5.91 Å². The van der Waals surface area contributed by atoms with Crippen molar-refractivity contribution in [3.63, 3.8) is 0 Å². The van der Waals surface area contributed by atoms with Gasteiger partial charge in [-0.25, -0.2) is 14.4 Å². The van der Waals surface area contributed by atoms with Gasteiger partial charge in [-0.1, -0.05) is 6.92 Å². The van der Waals surface area contributed by atoms with Crippen LogP contribution in [0.3, 0.4) is 0 Å². The molecular formula is C21H27FN4O2. The lowest BCUT2D eigenvalue weighted by atomic mass is 10.0. The van der Waals surface area contributed by atoms with Crippen LogP contribution in [0.15, 0.2) is 24.5 Å². The summed E-state index contributed by atoms with van der Waals surface area (Å²) in [6.07, 6.45) is 2.22. The van der Waals surface area contributed by atoms with Gasteiger partial charge in [-0.05, 0) is 37.1 Å². The minimum Gasteiger partial charge on any atom is -0.493 e. The molecule has 3 rings (SSSR count). The molecule has 1 amide bonds. The lowest BCUT2D eigenvalue weighted by Crippen LogP contribution is -2.47. The van der Waals surface area contributed by atoms with Crippen molar-refractivity contribution in [2.45, 2.75) is 33.7 Å². The minimum absolute atomic E-state index is 0.102. The van der Waals surface area contributed by atoms with E-state index in [9.17, 15) is 4.79 Å². The third-order valence-corrected chi connectivity index (χ3v) is 4.98. The van der Waals surface area contributed by atoms with Crippen LogP contribution in [-0.4, -0.2) is 58.5 Å². The number of halogens is 1. The lowest BCUT2D eigenvalue weighted by molar-refractivity contribution is -0.130. The lowest BCUT2D eigenvalue weighted by Gasteiger charge is -2.34. The van der Waals surface area contributed by atoms with E-state index in [1.165, 1.54) is 6.33 Å². The second-order valence-electron chi connectivity index (χ2n) is 6.91. The molecule has 150 valence electrons. The number of ether oxygens (including phenoxy) is 1. The van der Waals surface area contributed by atoms with Crippen LogP contribution in [0.2, 0.25) is 0 Å². The van der Waals surface area contributed by atoms with E-state index in [0.717, 1.165) is 30.8 Å². The highest BCUT2D eigenvalue weighted by Gasteiger charge is 2.21. The maximum Gasteiger partial charge on any atom is 0.219 e. The quantitative estimate of drug-likeness (QED) is 0.764. The Labute approximate surface area is 165 Å². The van der Waals surface area contributed by atoms with Crippen molar-refractivity contribution < 1.29 is 13.9 Å². The number of benzene rings is 1. The third kappa shape index (κ3) is 4.65. The highest BCUT2D eigenvalue weighted by Crippen LogP contribution is 2.33. The zero-order valence-corrected chi connectivity index (χ0v) is 16.7. The number of hydrogen-bond donors (Lipinski definition) is 0. The van der Waals surface area contributed by atoms with E-state index in [2.05, 4.69) is 14.9 Å². The number of rotatable bonds is 6. The van der Waals surface area contributed by atoms with Gasteiger partial charge in [-0.2, -0.15) is 0 Å². The number of carbonyl (C=O) groups is 1. The molecule has 1 aromatic heterocycles. The fraction of sp³-hybridized carbons (Fsp3) is 0.476. The maximum absolute atomic E-state index is 15.1. The maximum atomic E-state index is 15.1. The van der Waals surface area contributed by atoms with Crippen LogP contribution in [0.25, 0.3) is 11.3 Å². The number of aromatic nitrogens is 2. The number of hydrogen-bond acceptors (Lipinski definition) is 5. The van der Waals surface area contributed by atoms with Gasteiger partial charge in [-0.3, -0.25) is 9.69 Å². The van der Waals surface area contributed by atoms with Crippen molar-refractivity contribution in [1.29, 1.82) is 0 Å². The predicted molar refractivity (Wildman–Crippen MR) is 106 cm³/mol. The molecular weight excluding hydrogens is 359 g/mol. The molecule has 6 nitrogen and oxygen atoms in total. The largest absolute Gasteiger partial charge is 0.493 e. The van der Waals surface area contributed by atoms with E-state index >= 15 is 4.39 Å². The van der Waals surface area contributed by atoms with E-state index in [1.807, 2.05) is 30.9 Å². The first-order chi connectivity index (χ1) is 13.5. The van der Waals surface area contributed by atoms with E-state index in [1.54, 1.807) is 13.0 Å². The fourth-order valence-corrected chi connectivity index (χ4v) is 3.45. The highest BCUT2D eigenvalue weighted by atomic mass is 19.1. The number of carbonyl (C=O) groups excluding carboxylic acids is 1. The summed E-state index contributed by atoms with van der Waals surface area (Å²) in [5.41, 5.74) is 2.63. The molecule has 28 heavy (non-hydrogen) atoms. The van der Waals surface area contributed by atoms with Crippen LogP contribution in [0.4, 0.5) is 4.39 Å². The monoisotopic (exact) mass is 386 g/mol. The van der Waals surface area contributed by atoms with Crippen molar-refractivity contribution >= 4 is 5.91 Å². The van der Waals surface area contributed by atoms with Crippen LogP contribution in [-0.2, 0) is 17.8 Å². The standard InChI is InChI=1S/C21H27FN4O2/c1-4-17-12-19(24-14-23-17)21-18(22)10-16(11-20(21)28-5-2)13-25-6-8-26(9-7-25)15(3)27/h10-12,14H,4-9,13H2,1-3H3. The number of piperazine rings is 1. The van der Waals surface area contributed by atoms with Crippen LogP contribution in [0.5, 0.6) is 5.75 Å². The van der Waals surface area contributed by atoms with E-state index in [4.69, 9.17) is 4.74 Å². The normalized spacial score (nSPS) is 14.9. The van der Waals surface area contributed by atoms with Gasteiger partial charge in [0.1, 0.15) is 17.9 Å². The third-order valence-electron chi connectivity index (χ3n) is 4.98. The van der Waals surface area contributed by atoms with Gasteiger partial charge in [0.15, 0.2) is 0 Å². The van der Waals surface area contributed by atoms with Gasteiger partial charge < -0.3 is 9.64 Å². The Morgan fingerprint density at radius 2 is 1.89 bits per heavy atom. The molecule has 1 fully saturated rings. The number of nitrogens with zero attached hydrogens (tertiary/aromatic N) is 4. The number of amides is 1. The molecule has 2 heterocycles. The zero-order valence-electron chi connectivity index (χ0n) is 16.7. The van der Waals surface area contributed by atoms with Gasteiger partial charge in [0.25, 0.3) is 0 Å². The molecule has 0 N–H and O–H groups in total. The molecule has 1 saturated heterocycles. The first kappa shape index (κ1) is 20.2. The van der Waals surface area contributed by atoms with Crippen LogP contribution in [0.1, 0.15) is 32.0 Å². The Bertz CT molecular complexity index is 835. The summed E-state index contributed by atoms with van der Waals surface area (Å²) < 4.78 is 20.8. The highest BCUT2D eigenvalue weighted by molar-refractivity contribution is 5.73. The Kier molecular flexibility index (Phi) is 6.57. The molecule has 1 aliphatic rings. The van der Waals surface area contributed by atoms with Gasteiger partial charge >= 0.3 is 0 Å². The Morgan fingerprint density at radius 3 is 2.54 bits per heavy atom. The van der Waals surface area contributed by atoms with E-state index < -0.39 is 0 Å². The van der Waals surface area contributed by atoms with Crippen molar-refractivity contribution in [1.82, 2.24) is 19.8 Å². The van der Waals surface area contributed by atoms with Crippen LogP contribution < -0.4 is 4.74 Å². The fourth-order valence-electron chi connectivity index (χ4n) is 3.45. The van der Waals surface area contributed by atoms with Gasteiger partial charge in [0.05, 0.1) is 17.9 Å². The van der Waals surface area contributed by atoms with E-state index in [-0.39, 0.29) is 11.7 Å². The van der Waals surface area contributed by atoms with Crippen molar-refractivity contribution in [2.75, 3.05) is 32.8 Å². The van der Waals surface area contributed by atoms with Crippen LogP contribution >= 0.6 is 0 Å². The van der Waals surface area contributed by atoms with Gasteiger partial charge in [0, 0.05) is 45.3 Å². The molecule has 0 radical (unpaired) electrons. The summed E-state index contributed by atoms with van der Waals surface area (Å²) in [5, 5.41) is 0. The SMILES string of the molecule is CCOc1cc(CN2CCN(C(C)=O)CC2)cc(F)c1-c1cc(CC)ncn1. The summed E-state index contributed by atoms with van der Waals surface area (Å²) in [5.74, 6) is 0.259. The summed E-state index contributed by atoms with van der Waals surface area (Å²) >= 11 is 0. The Balaban J connectivity index is 1.84. The molecule has 0 aliphatic carbocycles. The molecule has 0 unspecified atom stereocenters. The smallest absolute Gasteiger partial charge is 0.219 e. The Morgan fingerprint density at radius 1 is 1.14 bits per heavy atom. The topological polar surface area (TPSA) is 58.6 Å². The molecule has 0 saturated carbocycles. The summed E-state index contributed by atoms with van der Waals surface area (Å²) in [4.78, 5) is 24.0.